The molecule has 2 N–H and O–H groups in total. The predicted octanol–water partition coefficient (Wildman–Crippen LogP) is 1.63. The van der Waals surface area contributed by atoms with Gasteiger partial charge in [-0.05, 0) is 52.5 Å². The average Bonchev–Trinajstić information content (AvgIpc) is 2.25. The molecule has 0 radical (unpaired) electrons. The van der Waals surface area contributed by atoms with Crippen LogP contribution in [0.25, 0.3) is 0 Å². The van der Waals surface area contributed by atoms with E-state index in [0.29, 0.717) is 0 Å². The van der Waals surface area contributed by atoms with Crippen molar-refractivity contribution >= 4 is 0 Å². The predicted molar refractivity (Wildman–Crippen MR) is 77.2 cm³/mol. The molecule has 0 amide bonds. The molecule has 0 spiro atoms. The van der Waals surface area contributed by atoms with E-state index in [1.54, 1.807) is 0 Å². The number of ether oxygens (including phenoxy) is 2. The van der Waals surface area contributed by atoms with Gasteiger partial charge < -0.3 is 15.2 Å². The molecule has 0 atom stereocenters. The Bertz CT molecular complexity index is 293. The van der Waals surface area contributed by atoms with Gasteiger partial charge >= 0.3 is 0 Å². The molecule has 0 aromatic rings. The SMILES string of the molecule is CC1(C)CN(CC2(CN)CCOCC2)CC(C)(C)O1. The number of rotatable bonds is 3. The summed E-state index contributed by atoms with van der Waals surface area (Å²) in [6.45, 7) is 14.2. The minimum atomic E-state index is -0.0806. The van der Waals surface area contributed by atoms with Gasteiger partial charge in [0.15, 0.2) is 0 Å². The van der Waals surface area contributed by atoms with Gasteiger partial charge in [-0.15, -0.1) is 0 Å². The van der Waals surface area contributed by atoms with Crippen LogP contribution < -0.4 is 5.73 Å². The maximum atomic E-state index is 6.15. The molecule has 112 valence electrons. The molecule has 2 fully saturated rings. The van der Waals surface area contributed by atoms with Gasteiger partial charge in [0.2, 0.25) is 0 Å². The van der Waals surface area contributed by atoms with Crippen LogP contribution in [0.2, 0.25) is 0 Å². The van der Waals surface area contributed by atoms with E-state index in [0.717, 1.165) is 52.2 Å². The zero-order valence-electron chi connectivity index (χ0n) is 13.0. The Labute approximate surface area is 117 Å². The molecule has 2 rings (SSSR count). The molecule has 0 unspecified atom stereocenters. The maximum absolute atomic E-state index is 6.15. The van der Waals surface area contributed by atoms with E-state index in [-0.39, 0.29) is 16.6 Å². The topological polar surface area (TPSA) is 47.7 Å². The van der Waals surface area contributed by atoms with Crippen molar-refractivity contribution in [2.24, 2.45) is 11.1 Å². The number of morpholine rings is 1. The molecule has 0 aromatic carbocycles. The van der Waals surface area contributed by atoms with E-state index in [1.807, 2.05) is 0 Å². The molecule has 0 bridgehead atoms. The van der Waals surface area contributed by atoms with Crippen LogP contribution in [0.15, 0.2) is 0 Å². The summed E-state index contributed by atoms with van der Waals surface area (Å²) in [7, 11) is 0. The fraction of sp³-hybridized carbons (Fsp3) is 1.00. The molecule has 4 heteroatoms. The molecular formula is C15H30N2O2. The molecule has 19 heavy (non-hydrogen) atoms. The second kappa shape index (κ2) is 5.32. The molecular weight excluding hydrogens is 240 g/mol. The number of nitrogens with zero attached hydrogens (tertiary/aromatic N) is 1. The van der Waals surface area contributed by atoms with Gasteiger partial charge in [0.1, 0.15) is 0 Å². The van der Waals surface area contributed by atoms with E-state index in [1.165, 1.54) is 0 Å². The first-order valence-electron chi connectivity index (χ1n) is 7.46. The molecule has 0 saturated carbocycles. The van der Waals surface area contributed by atoms with Crippen molar-refractivity contribution in [1.82, 2.24) is 4.90 Å². The van der Waals surface area contributed by atoms with E-state index in [4.69, 9.17) is 15.2 Å². The van der Waals surface area contributed by atoms with E-state index in [9.17, 15) is 0 Å². The Kier molecular flexibility index (Phi) is 4.26. The van der Waals surface area contributed by atoms with Crippen LogP contribution in [0.1, 0.15) is 40.5 Å². The highest BCUT2D eigenvalue weighted by Gasteiger charge is 2.41. The van der Waals surface area contributed by atoms with E-state index in [2.05, 4.69) is 32.6 Å². The van der Waals surface area contributed by atoms with Crippen LogP contribution in [-0.4, -0.2) is 55.5 Å². The number of hydrogen-bond donors (Lipinski definition) is 1. The van der Waals surface area contributed by atoms with Gasteiger partial charge in [-0.1, -0.05) is 0 Å². The molecule has 2 aliphatic heterocycles. The summed E-state index contributed by atoms with van der Waals surface area (Å²) in [5.41, 5.74) is 6.15. The summed E-state index contributed by atoms with van der Waals surface area (Å²) in [5, 5.41) is 0. The van der Waals surface area contributed by atoms with Crippen LogP contribution in [0.4, 0.5) is 0 Å². The minimum absolute atomic E-state index is 0.0806. The van der Waals surface area contributed by atoms with Gasteiger partial charge in [-0.25, -0.2) is 0 Å². The Hall–Kier alpha value is -0.160. The lowest BCUT2D eigenvalue weighted by Crippen LogP contribution is -2.60. The van der Waals surface area contributed by atoms with Crippen molar-refractivity contribution in [1.29, 1.82) is 0 Å². The third-order valence-electron chi connectivity index (χ3n) is 4.31. The van der Waals surface area contributed by atoms with Gasteiger partial charge in [0, 0.05) is 32.8 Å². The Morgan fingerprint density at radius 1 is 1.00 bits per heavy atom. The summed E-state index contributed by atoms with van der Waals surface area (Å²) in [5.74, 6) is 0. The summed E-state index contributed by atoms with van der Waals surface area (Å²) in [4.78, 5) is 2.54. The van der Waals surface area contributed by atoms with Crippen LogP contribution >= 0.6 is 0 Å². The Morgan fingerprint density at radius 2 is 1.53 bits per heavy atom. The molecule has 4 nitrogen and oxygen atoms in total. The smallest absolute Gasteiger partial charge is 0.0760 e. The zero-order valence-corrected chi connectivity index (χ0v) is 13.0. The van der Waals surface area contributed by atoms with Crippen molar-refractivity contribution in [3.05, 3.63) is 0 Å². The Balaban J connectivity index is 2.04. The maximum Gasteiger partial charge on any atom is 0.0760 e. The largest absolute Gasteiger partial charge is 0.381 e. The van der Waals surface area contributed by atoms with Gasteiger partial charge in [-0.3, -0.25) is 4.90 Å². The lowest BCUT2D eigenvalue weighted by molar-refractivity contribution is -0.186. The van der Waals surface area contributed by atoms with E-state index < -0.39 is 0 Å². The first-order valence-corrected chi connectivity index (χ1v) is 7.46. The van der Waals surface area contributed by atoms with E-state index >= 15 is 0 Å². The van der Waals surface area contributed by atoms with Crippen molar-refractivity contribution in [2.45, 2.75) is 51.7 Å². The molecule has 2 aliphatic rings. The lowest BCUT2D eigenvalue weighted by atomic mass is 9.79. The highest BCUT2D eigenvalue weighted by Crippen LogP contribution is 2.34. The van der Waals surface area contributed by atoms with Gasteiger partial charge in [-0.2, -0.15) is 0 Å². The number of hydrogen-bond acceptors (Lipinski definition) is 4. The average molecular weight is 270 g/mol. The van der Waals surface area contributed by atoms with Crippen molar-refractivity contribution in [2.75, 3.05) is 39.4 Å². The van der Waals surface area contributed by atoms with Crippen LogP contribution in [-0.2, 0) is 9.47 Å². The summed E-state index contributed by atoms with van der Waals surface area (Å²) in [6, 6.07) is 0. The quantitative estimate of drug-likeness (QED) is 0.847. The molecule has 0 aliphatic carbocycles. The lowest BCUT2D eigenvalue weighted by Gasteiger charge is -2.50. The number of nitrogens with two attached hydrogens (primary N) is 1. The summed E-state index contributed by atoms with van der Waals surface area (Å²) >= 11 is 0. The normalized spacial score (nSPS) is 30.2. The van der Waals surface area contributed by atoms with Crippen LogP contribution in [0.5, 0.6) is 0 Å². The van der Waals surface area contributed by atoms with Gasteiger partial charge in [0.05, 0.1) is 11.2 Å². The minimum Gasteiger partial charge on any atom is -0.381 e. The fourth-order valence-corrected chi connectivity index (χ4v) is 3.76. The molecule has 2 saturated heterocycles. The second-order valence-corrected chi connectivity index (χ2v) is 7.58. The molecule has 2 heterocycles. The Morgan fingerprint density at radius 3 is 2.00 bits per heavy atom. The first-order chi connectivity index (χ1) is 8.76. The molecule has 0 aromatic heterocycles. The fourth-order valence-electron chi connectivity index (χ4n) is 3.76. The van der Waals surface area contributed by atoms with Crippen molar-refractivity contribution < 1.29 is 9.47 Å². The van der Waals surface area contributed by atoms with Crippen LogP contribution in [0.3, 0.4) is 0 Å². The van der Waals surface area contributed by atoms with Crippen LogP contribution in [0, 0.1) is 5.41 Å². The standard InChI is InChI=1S/C15H30N2O2/c1-13(2)10-17(11-14(3,4)19-13)12-15(9-16)5-7-18-8-6-15/h5-12,16H2,1-4H3. The first kappa shape index (κ1) is 15.2. The third-order valence-corrected chi connectivity index (χ3v) is 4.31. The third kappa shape index (κ3) is 3.91. The monoisotopic (exact) mass is 270 g/mol. The zero-order chi connectivity index (χ0) is 14.1. The van der Waals surface area contributed by atoms with Crippen molar-refractivity contribution in [3.8, 4) is 0 Å². The summed E-state index contributed by atoms with van der Waals surface area (Å²) < 4.78 is 11.6. The second-order valence-electron chi connectivity index (χ2n) is 7.58. The van der Waals surface area contributed by atoms with Crippen molar-refractivity contribution in [3.63, 3.8) is 0 Å². The highest BCUT2D eigenvalue weighted by atomic mass is 16.5. The van der Waals surface area contributed by atoms with Gasteiger partial charge in [0.25, 0.3) is 0 Å². The summed E-state index contributed by atoms with van der Waals surface area (Å²) in [6.07, 6.45) is 2.17. The highest BCUT2D eigenvalue weighted by molar-refractivity contribution is 4.93.